The number of fused-ring (bicyclic) bond motifs is 1. The Balaban J connectivity index is 1.82. The number of carbonyl (C=O) groups is 1. The number of rotatable bonds is 12. The second-order valence-electron chi connectivity index (χ2n) is 8.36. The van der Waals surface area contributed by atoms with Gasteiger partial charge in [0.2, 0.25) is 0 Å². The quantitative estimate of drug-likeness (QED) is 0.409. The van der Waals surface area contributed by atoms with Gasteiger partial charge in [0.1, 0.15) is 0 Å². The highest BCUT2D eigenvalue weighted by Crippen LogP contribution is 2.31. The molecule has 0 radical (unpaired) electrons. The molecule has 0 aliphatic rings. The van der Waals surface area contributed by atoms with Gasteiger partial charge in [-0.25, -0.2) is 4.79 Å². The smallest absolute Gasteiger partial charge is 0.317 e. The molecule has 3 aromatic rings. The van der Waals surface area contributed by atoms with Crippen molar-refractivity contribution in [2.45, 2.75) is 33.4 Å². The Bertz CT molecular complexity index is 1160. The summed E-state index contributed by atoms with van der Waals surface area (Å²) in [6.07, 6.45) is 0.816. The number of nitrogens with one attached hydrogen (secondary N) is 2. The molecule has 8 heteroatoms. The van der Waals surface area contributed by atoms with Crippen molar-refractivity contribution in [3.05, 3.63) is 70.0 Å². The molecule has 1 heterocycles. The maximum atomic E-state index is 13.1. The molecule has 2 aromatic carbocycles. The van der Waals surface area contributed by atoms with E-state index in [0.29, 0.717) is 35.7 Å². The van der Waals surface area contributed by atoms with Crippen LogP contribution in [0.2, 0.25) is 0 Å². The second-order valence-corrected chi connectivity index (χ2v) is 8.36. The van der Waals surface area contributed by atoms with Gasteiger partial charge in [0.25, 0.3) is 5.56 Å². The van der Waals surface area contributed by atoms with Crippen molar-refractivity contribution in [2.75, 3.05) is 40.4 Å². The van der Waals surface area contributed by atoms with Crippen LogP contribution in [0.5, 0.6) is 11.5 Å². The predicted molar refractivity (Wildman–Crippen MR) is 139 cm³/mol. The number of aromatic nitrogens is 1. The van der Waals surface area contributed by atoms with Crippen LogP contribution in [0.1, 0.15) is 31.4 Å². The summed E-state index contributed by atoms with van der Waals surface area (Å²) in [4.78, 5) is 33.0. The molecule has 188 valence electrons. The number of urea groups is 1. The van der Waals surface area contributed by atoms with Crippen molar-refractivity contribution in [2.24, 2.45) is 0 Å². The fourth-order valence-corrected chi connectivity index (χ4v) is 4.06. The minimum atomic E-state index is -0.227. The monoisotopic (exact) mass is 480 g/mol. The van der Waals surface area contributed by atoms with Gasteiger partial charge >= 0.3 is 6.03 Å². The van der Waals surface area contributed by atoms with E-state index >= 15 is 0 Å². The molecular formula is C27H36N4O4. The first kappa shape index (κ1) is 26.1. The molecule has 0 spiro atoms. The number of methoxy groups -OCH3 is 2. The predicted octanol–water partition coefficient (Wildman–Crippen LogP) is 3.99. The number of hydrogen-bond acceptors (Lipinski definition) is 5. The molecule has 0 aliphatic carbocycles. The highest BCUT2D eigenvalue weighted by atomic mass is 16.5. The molecule has 0 unspecified atom stereocenters. The molecule has 0 aliphatic heterocycles. The zero-order chi connectivity index (χ0) is 25.2. The number of nitrogens with zero attached hydrogens (tertiary/aromatic N) is 2. The average molecular weight is 481 g/mol. The van der Waals surface area contributed by atoms with Crippen LogP contribution in [0.25, 0.3) is 10.9 Å². The van der Waals surface area contributed by atoms with E-state index in [1.165, 1.54) is 0 Å². The minimum Gasteiger partial charge on any atom is -0.493 e. The number of amides is 2. The van der Waals surface area contributed by atoms with Crippen LogP contribution in [0.4, 0.5) is 4.79 Å². The third-order valence-corrected chi connectivity index (χ3v) is 6.16. The van der Waals surface area contributed by atoms with E-state index in [9.17, 15) is 9.59 Å². The number of hydrogen-bond donors (Lipinski definition) is 2. The van der Waals surface area contributed by atoms with E-state index in [1.807, 2.05) is 42.5 Å². The lowest BCUT2D eigenvalue weighted by Crippen LogP contribution is -2.41. The minimum absolute atomic E-state index is 0.194. The summed E-state index contributed by atoms with van der Waals surface area (Å²) in [6.45, 7) is 8.26. The van der Waals surface area contributed by atoms with Crippen molar-refractivity contribution in [1.82, 2.24) is 20.1 Å². The van der Waals surface area contributed by atoms with Crippen LogP contribution in [-0.4, -0.2) is 61.2 Å². The van der Waals surface area contributed by atoms with E-state index in [2.05, 4.69) is 29.0 Å². The van der Waals surface area contributed by atoms with Crippen molar-refractivity contribution < 1.29 is 14.3 Å². The van der Waals surface area contributed by atoms with Gasteiger partial charge in [-0.05, 0) is 43.8 Å². The third kappa shape index (κ3) is 6.99. The van der Waals surface area contributed by atoms with E-state index < -0.39 is 0 Å². The Hall–Kier alpha value is -3.52. The largest absolute Gasteiger partial charge is 0.493 e. The molecule has 0 saturated heterocycles. The van der Waals surface area contributed by atoms with E-state index in [1.54, 1.807) is 25.2 Å². The van der Waals surface area contributed by atoms with Crippen molar-refractivity contribution in [3.8, 4) is 11.5 Å². The van der Waals surface area contributed by atoms with Crippen LogP contribution in [0.3, 0.4) is 0 Å². The highest BCUT2D eigenvalue weighted by molar-refractivity contribution is 5.83. The highest BCUT2D eigenvalue weighted by Gasteiger charge is 2.17. The third-order valence-electron chi connectivity index (χ3n) is 6.16. The van der Waals surface area contributed by atoms with Gasteiger partial charge in [-0.1, -0.05) is 44.2 Å². The summed E-state index contributed by atoms with van der Waals surface area (Å²) in [5.41, 5.74) is 1.96. The summed E-state index contributed by atoms with van der Waals surface area (Å²) >= 11 is 0. The first-order chi connectivity index (χ1) is 17.0. The molecule has 3 rings (SSSR count). The summed E-state index contributed by atoms with van der Waals surface area (Å²) in [5.74, 6) is 1.12. The lowest BCUT2D eigenvalue weighted by atomic mass is 10.1. The van der Waals surface area contributed by atoms with E-state index in [4.69, 9.17) is 9.47 Å². The first-order valence-electron chi connectivity index (χ1n) is 12.1. The van der Waals surface area contributed by atoms with E-state index in [-0.39, 0.29) is 18.1 Å². The summed E-state index contributed by atoms with van der Waals surface area (Å²) in [6, 6.07) is 15.0. The number of benzene rings is 2. The molecular weight excluding hydrogens is 444 g/mol. The zero-order valence-electron chi connectivity index (χ0n) is 21.1. The summed E-state index contributed by atoms with van der Waals surface area (Å²) in [5, 5.41) is 3.81. The van der Waals surface area contributed by atoms with Crippen LogP contribution < -0.4 is 20.3 Å². The van der Waals surface area contributed by atoms with Crippen LogP contribution in [-0.2, 0) is 13.1 Å². The van der Waals surface area contributed by atoms with E-state index in [0.717, 1.165) is 37.0 Å². The van der Waals surface area contributed by atoms with Gasteiger partial charge < -0.3 is 29.6 Å². The van der Waals surface area contributed by atoms with Gasteiger partial charge in [0.15, 0.2) is 11.5 Å². The van der Waals surface area contributed by atoms with Gasteiger partial charge in [-0.3, -0.25) is 4.79 Å². The van der Waals surface area contributed by atoms with Crippen molar-refractivity contribution in [1.29, 1.82) is 0 Å². The summed E-state index contributed by atoms with van der Waals surface area (Å²) in [7, 11) is 3.13. The normalized spacial score (nSPS) is 11.0. The van der Waals surface area contributed by atoms with Crippen LogP contribution in [0, 0.1) is 0 Å². The number of carbonyl (C=O) groups excluding carboxylic acids is 1. The molecule has 0 saturated carbocycles. The van der Waals surface area contributed by atoms with Gasteiger partial charge in [-0.15, -0.1) is 0 Å². The zero-order valence-corrected chi connectivity index (χ0v) is 21.1. The number of ether oxygens (including phenoxy) is 2. The maximum absolute atomic E-state index is 13.1. The number of aromatic amines is 1. The lowest BCUT2D eigenvalue weighted by Gasteiger charge is -2.25. The van der Waals surface area contributed by atoms with Crippen molar-refractivity contribution in [3.63, 3.8) is 0 Å². The first-order valence-corrected chi connectivity index (χ1v) is 12.1. The SMILES string of the molecule is CCN(CC)CCCN(Cc1cc2cc(OC)c(OC)cc2[nH]c1=O)C(=O)NCc1ccccc1. The fraction of sp³-hybridized carbons (Fsp3) is 0.407. The Morgan fingerprint density at radius 1 is 0.971 bits per heavy atom. The molecule has 2 amide bonds. The molecule has 0 atom stereocenters. The standard InChI is InChI=1S/C27H36N4O4/c1-5-30(6-2)13-10-14-31(27(33)28-18-20-11-8-7-9-12-20)19-22-15-21-16-24(34-3)25(35-4)17-23(21)29-26(22)32/h7-9,11-12,15-17H,5-6,10,13-14,18-19H2,1-4H3,(H,28,33)(H,29,32). The Morgan fingerprint density at radius 3 is 2.31 bits per heavy atom. The molecule has 0 fully saturated rings. The average Bonchev–Trinajstić information content (AvgIpc) is 2.89. The maximum Gasteiger partial charge on any atom is 0.317 e. The van der Waals surface area contributed by atoms with Gasteiger partial charge in [0, 0.05) is 30.1 Å². The lowest BCUT2D eigenvalue weighted by molar-refractivity contribution is 0.189. The van der Waals surface area contributed by atoms with Crippen molar-refractivity contribution >= 4 is 16.9 Å². The van der Waals surface area contributed by atoms with Crippen LogP contribution >= 0.6 is 0 Å². The molecule has 1 aromatic heterocycles. The number of H-pyrrole nitrogens is 1. The van der Waals surface area contributed by atoms with Gasteiger partial charge in [0.05, 0.1) is 26.3 Å². The van der Waals surface area contributed by atoms with Crippen LogP contribution in [0.15, 0.2) is 53.3 Å². The Morgan fingerprint density at radius 2 is 1.66 bits per heavy atom. The summed E-state index contributed by atoms with van der Waals surface area (Å²) < 4.78 is 10.8. The topological polar surface area (TPSA) is 86.9 Å². The second kappa shape index (κ2) is 12.8. The molecule has 0 bridgehead atoms. The molecule has 35 heavy (non-hydrogen) atoms. The Labute approximate surface area is 206 Å². The molecule has 8 nitrogen and oxygen atoms in total. The van der Waals surface area contributed by atoms with Gasteiger partial charge in [-0.2, -0.15) is 0 Å². The molecule has 2 N–H and O–H groups in total. The Kier molecular flexibility index (Phi) is 9.55. The number of pyridine rings is 1. The fourth-order valence-electron chi connectivity index (χ4n) is 4.06.